The number of hydrogen-bond acceptors (Lipinski definition) is 9. The quantitative estimate of drug-likeness (QED) is 0.311. The van der Waals surface area contributed by atoms with E-state index in [1.165, 1.54) is 0 Å². The van der Waals surface area contributed by atoms with Crippen LogP contribution in [-0.2, 0) is 4.74 Å². The van der Waals surface area contributed by atoms with E-state index in [1.54, 1.807) is 24.9 Å². The number of rotatable bonds is 2. The van der Waals surface area contributed by atoms with Gasteiger partial charge in [-0.25, -0.2) is 4.74 Å². The number of nitrogens with zero attached hydrogens (tertiary/aromatic N) is 4. The molecule has 0 spiro atoms. The van der Waals surface area contributed by atoms with Crippen molar-refractivity contribution < 1.29 is 23.7 Å². The summed E-state index contributed by atoms with van der Waals surface area (Å²) in [4.78, 5) is 18.1. The zero-order valence-corrected chi connectivity index (χ0v) is 23.4. The second kappa shape index (κ2) is 14.1. The number of ether oxygens (including phenoxy) is 5. The van der Waals surface area contributed by atoms with Gasteiger partial charge in [-0.15, -0.1) is 0 Å². The van der Waals surface area contributed by atoms with E-state index >= 15 is 0 Å². The Morgan fingerprint density at radius 2 is 0.651 bits per heavy atom. The van der Waals surface area contributed by atoms with Crippen LogP contribution in [0.3, 0.4) is 0 Å². The fourth-order valence-electron chi connectivity index (χ4n) is 4.33. The van der Waals surface area contributed by atoms with Crippen molar-refractivity contribution in [1.82, 2.24) is 0 Å². The van der Waals surface area contributed by atoms with Gasteiger partial charge in [0.15, 0.2) is 0 Å². The van der Waals surface area contributed by atoms with Crippen LogP contribution in [0.5, 0.6) is 23.0 Å². The number of aliphatic imine (C=N–C) groups is 4. The van der Waals surface area contributed by atoms with Gasteiger partial charge in [-0.1, -0.05) is 48.5 Å². The molecule has 0 aromatic heterocycles. The van der Waals surface area contributed by atoms with Crippen LogP contribution < -0.4 is 18.9 Å². The molecule has 9 heteroatoms. The molecule has 0 radical (unpaired) electrons. The van der Waals surface area contributed by atoms with Gasteiger partial charge in [0.25, 0.3) is 0 Å². The third-order valence-corrected chi connectivity index (χ3v) is 6.43. The SMILES string of the molecule is C1=N/CC/N=C/c2ccccc2OC(OC2Oc3ccccc3/C=N/CC/N=C/c3ccccc3O2)Oc2ccccc2/1. The Morgan fingerprint density at radius 1 is 0.395 bits per heavy atom. The van der Waals surface area contributed by atoms with Gasteiger partial charge >= 0.3 is 13.0 Å². The lowest BCUT2D eigenvalue weighted by Gasteiger charge is -2.27. The largest absolute Gasteiger partial charge is 0.431 e. The first-order valence-electron chi connectivity index (χ1n) is 14.0. The lowest BCUT2D eigenvalue weighted by molar-refractivity contribution is -0.315. The normalized spacial score (nSPS) is 18.8. The van der Waals surface area contributed by atoms with Gasteiger partial charge in [-0.2, -0.15) is 0 Å². The minimum Gasteiger partial charge on any atom is -0.431 e. The third kappa shape index (κ3) is 7.52. The van der Waals surface area contributed by atoms with Crippen molar-refractivity contribution in [3.63, 3.8) is 0 Å². The van der Waals surface area contributed by atoms with E-state index in [0.717, 1.165) is 22.3 Å². The van der Waals surface area contributed by atoms with E-state index in [0.29, 0.717) is 49.2 Å². The van der Waals surface area contributed by atoms with E-state index in [-0.39, 0.29) is 0 Å². The van der Waals surface area contributed by atoms with Gasteiger partial charge in [0.2, 0.25) is 0 Å². The summed E-state index contributed by atoms with van der Waals surface area (Å²) in [6.45, 7) is -0.475. The highest BCUT2D eigenvalue weighted by Crippen LogP contribution is 2.27. The molecule has 0 unspecified atom stereocenters. The zero-order valence-electron chi connectivity index (χ0n) is 23.4. The Labute approximate surface area is 249 Å². The molecule has 43 heavy (non-hydrogen) atoms. The van der Waals surface area contributed by atoms with Gasteiger partial charge in [0, 0.05) is 47.1 Å². The van der Waals surface area contributed by atoms with Crippen molar-refractivity contribution in [2.24, 2.45) is 20.0 Å². The lowest BCUT2D eigenvalue weighted by atomic mass is 10.2. The maximum absolute atomic E-state index is 6.36. The number of fused-ring (bicyclic) bond motifs is 4. The van der Waals surface area contributed by atoms with Crippen molar-refractivity contribution in [3.8, 4) is 23.0 Å². The summed E-state index contributed by atoms with van der Waals surface area (Å²) >= 11 is 0. The molecule has 216 valence electrons. The van der Waals surface area contributed by atoms with Crippen LogP contribution in [0.15, 0.2) is 117 Å². The third-order valence-electron chi connectivity index (χ3n) is 6.43. The molecule has 0 saturated heterocycles. The maximum Gasteiger partial charge on any atom is 0.366 e. The minimum atomic E-state index is -1.30. The van der Waals surface area contributed by atoms with Crippen LogP contribution >= 0.6 is 0 Å². The lowest BCUT2D eigenvalue weighted by Crippen LogP contribution is -2.38. The van der Waals surface area contributed by atoms with Crippen LogP contribution in [-0.4, -0.2) is 64.0 Å². The van der Waals surface area contributed by atoms with Gasteiger partial charge < -0.3 is 18.9 Å². The molecule has 2 aliphatic rings. The second-order valence-corrected chi connectivity index (χ2v) is 9.48. The zero-order chi connectivity index (χ0) is 29.1. The summed E-state index contributed by atoms with van der Waals surface area (Å²) in [5.41, 5.74) is 3.04. The van der Waals surface area contributed by atoms with Crippen LogP contribution in [0, 0.1) is 0 Å². The highest BCUT2D eigenvalue weighted by molar-refractivity contribution is 5.85. The van der Waals surface area contributed by atoms with E-state index in [9.17, 15) is 0 Å². The van der Waals surface area contributed by atoms with Crippen molar-refractivity contribution >= 4 is 24.9 Å². The summed E-state index contributed by atoms with van der Waals surface area (Å²) in [6.07, 6.45) is 7.02. The van der Waals surface area contributed by atoms with Crippen LogP contribution in [0.2, 0.25) is 0 Å². The first kappa shape index (κ1) is 27.9. The fraction of sp³-hybridized carbons (Fsp3) is 0.176. The van der Waals surface area contributed by atoms with Crippen LogP contribution in [0.25, 0.3) is 0 Å². The van der Waals surface area contributed by atoms with Crippen molar-refractivity contribution in [2.45, 2.75) is 13.0 Å². The van der Waals surface area contributed by atoms with E-state index in [2.05, 4.69) is 20.0 Å². The number of para-hydroxylation sites is 4. The van der Waals surface area contributed by atoms with Gasteiger partial charge in [-0.05, 0) is 48.5 Å². The molecule has 0 aliphatic carbocycles. The standard InChI is InChI=1S/C34H30N4O5/c1-5-13-29-25(9-1)21-35-17-18-36-22-26-10-2-6-14-30(26)40-33(39-29)43-34-41-31-15-7-3-11-27(31)23-37-19-20-38-24-28-12-4-8-16-32(28)42-34/h1-16,21-24,33-34H,17-20H2/b35-21+,36-22+,37-23+,38-24+. The maximum atomic E-state index is 6.36. The summed E-state index contributed by atoms with van der Waals surface area (Å²) < 4.78 is 31.7. The highest BCUT2D eigenvalue weighted by atomic mass is 16.9. The molecule has 0 amide bonds. The molecule has 4 aromatic carbocycles. The molecule has 9 nitrogen and oxygen atoms in total. The molecule has 0 saturated carbocycles. The molecule has 6 rings (SSSR count). The number of hydrogen-bond donors (Lipinski definition) is 0. The molecule has 0 N–H and O–H groups in total. The van der Waals surface area contributed by atoms with Gasteiger partial charge in [0.1, 0.15) is 23.0 Å². The predicted octanol–water partition coefficient (Wildman–Crippen LogP) is 5.59. The minimum absolute atomic E-state index is 0.513. The van der Waals surface area contributed by atoms with Crippen molar-refractivity contribution in [1.29, 1.82) is 0 Å². The molecule has 0 bridgehead atoms. The molecule has 2 heterocycles. The first-order valence-corrected chi connectivity index (χ1v) is 14.0. The monoisotopic (exact) mass is 574 g/mol. The van der Waals surface area contributed by atoms with Crippen molar-refractivity contribution in [2.75, 3.05) is 26.2 Å². The highest BCUT2D eigenvalue weighted by Gasteiger charge is 2.26. The van der Waals surface area contributed by atoms with Crippen LogP contribution in [0.4, 0.5) is 0 Å². The van der Waals surface area contributed by atoms with Crippen molar-refractivity contribution in [3.05, 3.63) is 119 Å². The second-order valence-electron chi connectivity index (χ2n) is 9.48. The topological polar surface area (TPSA) is 95.6 Å². The Hall–Kier alpha value is -5.28. The summed E-state index contributed by atoms with van der Waals surface area (Å²) in [5, 5.41) is 0. The molecule has 0 fully saturated rings. The predicted molar refractivity (Wildman–Crippen MR) is 167 cm³/mol. The van der Waals surface area contributed by atoms with Crippen LogP contribution in [0.1, 0.15) is 22.3 Å². The Bertz CT molecular complexity index is 1410. The van der Waals surface area contributed by atoms with Gasteiger partial charge in [0.05, 0.1) is 26.2 Å². The molecule has 4 aromatic rings. The summed E-state index contributed by atoms with van der Waals surface area (Å²) in [6, 6.07) is 30.1. The molecule has 2 aliphatic heterocycles. The summed E-state index contributed by atoms with van der Waals surface area (Å²) in [5.74, 6) is 2.05. The first-order chi connectivity index (χ1) is 21.3. The molecular weight excluding hydrogens is 544 g/mol. The number of benzene rings is 4. The average molecular weight is 575 g/mol. The smallest absolute Gasteiger partial charge is 0.366 e. The molecular formula is C34H30N4O5. The van der Waals surface area contributed by atoms with E-state index in [1.807, 2.05) is 97.1 Å². The molecule has 0 atom stereocenters. The summed E-state index contributed by atoms with van der Waals surface area (Å²) in [7, 11) is 0. The fourth-order valence-corrected chi connectivity index (χ4v) is 4.33. The Balaban J connectivity index is 1.40. The Kier molecular flexibility index (Phi) is 9.11. The van der Waals surface area contributed by atoms with E-state index in [4.69, 9.17) is 23.7 Å². The van der Waals surface area contributed by atoms with E-state index < -0.39 is 13.0 Å². The average Bonchev–Trinajstić information content (AvgIpc) is 3.05. The van der Waals surface area contributed by atoms with Gasteiger partial charge in [-0.3, -0.25) is 20.0 Å². The Morgan fingerprint density at radius 3 is 0.930 bits per heavy atom.